The lowest BCUT2D eigenvalue weighted by Crippen LogP contribution is -2.51. The van der Waals surface area contributed by atoms with Gasteiger partial charge in [-0.15, -0.1) is 0 Å². The lowest BCUT2D eigenvalue weighted by Gasteiger charge is -2.28. The summed E-state index contributed by atoms with van der Waals surface area (Å²) in [6.07, 6.45) is 46.9. The third-order valence-electron chi connectivity index (χ3n) is 9.57. The van der Waals surface area contributed by atoms with Gasteiger partial charge in [-0.25, -0.2) is 4.57 Å². The minimum absolute atomic E-state index is 0.00574. The summed E-state index contributed by atoms with van der Waals surface area (Å²) >= 11 is 0. The van der Waals surface area contributed by atoms with Crippen molar-refractivity contribution in [3.63, 3.8) is 0 Å². The quantitative estimate of drug-likeness (QED) is 0.0211. The van der Waals surface area contributed by atoms with Crippen LogP contribution >= 0.6 is 7.82 Å². The number of aliphatic hydroxyl groups excluding tert-OH is 2. The second-order valence-corrected chi connectivity index (χ2v) is 17.6. The molecule has 0 fully saturated rings. The Morgan fingerprint density at radius 1 is 0.649 bits per heavy atom. The first kappa shape index (κ1) is 54.9. The van der Waals surface area contributed by atoms with Gasteiger partial charge in [0.2, 0.25) is 5.91 Å². The second-order valence-electron chi connectivity index (χ2n) is 16.2. The van der Waals surface area contributed by atoms with Gasteiger partial charge in [-0.2, -0.15) is 0 Å². The first-order chi connectivity index (χ1) is 27.4. The number of hydrogen-bond donors (Lipinski definition) is 4. The number of likely N-dealkylation sites (N-methyl/N-ethyl adjacent to an activating group) is 1. The van der Waals surface area contributed by atoms with Crippen LogP contribution in [0, 0.1) is 0 Å². The molecule has 4 N–H and O–H groups in total. The fourth-order valence-electron chi connectivity index (χ4n) is 5.95. The number of quaternary nitrogens is 1. The summed E-state index contributed by atoms with van der Waals surface area (Å²) in [4.78, 5) is 23.2. The first-order valence-corrected chi connectivity index (χ1v) is 23.8. The van der Waals surface area contributed by atoms with Gasteiger partial charge in [0.25, 0.3) is 0 Å². The number of allylic oxidation sites excluding steroid dienone is 12. The molecule has 0 saturated carbocycles. The average Bonchev–Trinajstić information content (AvgIpc) is 3.16. The topological polar surface area (TPSA) is 125 Å². The zero-order valence-corrected chi connectivity index (χ0v) is 37.8. The second kappa shape index (κ2) is 38.1. The highest BCUT2D eigenvalue weighted by Gasteiger charge is 2.31. The van der Waals surface area contributed by atoms with Crippen LogP contribution in [0.3, 0.4) is 0 Å². The van der Waals surface area contributed by atoms with E-state index < -0.39 is 32.7 Å². The third-order valence-corrected chi connectivity index (χ3v) is 10.6. The zero-order chi connectivity index (χ0) is 42.3. The number of hydrogen-bond acceptors (Lipinski definition) is 6. The largest absolute Gasteiger partial charge is 0.472 e. The van der Waals surface area contributed by atoms with Crippen LogP contribution in [0.4, 0.5) is 0 Å². The molecule has 330 valence electrons. The van der Waals surface area contributed by atoms with Crippen molar-refractivity contribution in [1.29, 1.82) is 0 Å². The van der Waals surface area contributed by atoms with Gasteiger partial charge in [0.05, 0.1) is 39.9 Å². The molecule has 0 spiro atoms. The smallest absolute Gasteiger partial charge is 0.390 e. The van der Waals surface area contributed by atoms with E-state index >= 15 is 0 Å². The van der Waals surface area contributed by atoms with Crippen molar-refractivity contribution in [2.75, 3.05) is 40.9 Å². The SMILES string of the molecule is C/C=C/CC/C=C/CC/C=C/CCCC(O)C(O)C(COP(=O)(O)OCC[N+](C)(C)C)NC(=O)CCCCCCCC/C=C\C/C=C\C/C=C\CCCCCCC. The molecular formula is C47H86N2O7P+. The molecule has 1 amide bonds. The summed E-state index contributed by atoms with van der Waals surface area (Å²) < 4.78 is 23.5. The highest BCUT2D eigenvalue weighted by molar-refractivity contribution is 7.47. The van der Waals surface area contributed by atoms with E-state index in [4.69, 9.17) is 9.05 Å². The maximum atomic E-state index is 12.9. The highest BCUT2D eigenvalue weighted by Crippen LogP contribution is 2.43. The highest BCUT2D eigenvalue weighted by atomic mass is 31.2. The van der Waals surface area contributed by atoms with Gasteiger partial charge in [-0.05, 0) is 96.8 Å². The fraction of sp³-hybridized carbons (Fsp3) is 0.723. The van der Waals surface area contributed by atoms with Crippen molar-refractivity contribution in [2.45, 2.75) is 180 Å². The number of unbranched alkanes of at least 4 members (excludes halogenated alkanes) is 14. The van der Waals surface area contributed by atoms with Crippen molar-refractivity contribution < 1.29 is 38.0 Å². The monoisotopic (exact) mass is 822 g/mol. The number of rotatable bonds is 39. The van der Waals surface area contributed by atoms with Gasteiger partial charge in [0.15, 0.2) is 0 Å². The molecule has 0 aromatic rings. The molecule has 4 unspecified atom stereocenters. The van der Waals surface area contributed by atoms with Crippen LogP contribution in [0.15, 0.2) is 72.9 Å². The summed E-state index contributed by atoms with van der Waals surface area (Å²) in [6, 6.07) is -1.07. The van der Waals surface area contributed by atoms with Gasteiger partial charge in [-0.3, -0.25) is 13.8 Å². The lowest BCUT2D eigenvalue weighted by atomic mass is 10.0. The molecule has 57 heavy (non-hydrogen) atoms. The summed E-state index contributed by atoms with van der Waals surface area (Å²) in [5, 5.41) is 24.6. The number of phosphoric acid groups is 1. The van der Waals surface area contributed by atoms with Crippen molar-refractivity contribution in [3.05, 3.63) is 72.9 Å². The molecule has 0 bridgehead atoms. The van der Waals surface area contributed by atoms with Gasteiger partial charge in [0.1, 0.15) is 19.3 Å². The maximum Gasteiger partial charge on any atom is 0.472 e. The molecule has 0 saturated heterocycles. The minimum atomic E-state index is -4.43. The Balaban J connectivity index is 4.54. The molecule has 4 atom stereocenters. The third kappa shape index (κ3) is 39.1. The molecule has 0 heterocycles. The van der Waals surface area contributed by atoms with Crippen molar-refractivity contribution in [3.8, 4) is 0 Å². The van der Waals surface area contributed by atoms with E-state index in [2.05, 4.69) is 85.2 Å². The molecule has 0 aliphatic rings. The summed E-state index contributed by atoms with van der Waals surface area (Å²) in [5.41, 5.74) is 0. The van der Waals surface area contributed by atoms with E-state index in [-0.39, 0.29) is 18.9 Å². The van der Waals surface area contributed by atoms with Crippen LogP contribution in [-0.4, -0.2) is 84.6 Å². The van der Waals surface area contributed by atoms with Crippen molar-refractivity contribution in [2.24, 2.45) is 0 Å². The molecule has 0 radical (unpaired) electrons. The normalized spacial score (nSPS) is 15.6. The molecule has 0 aromatic heterocycles. The molecular weight excluding hydrogens is 735 g/mol. The Kier molecular flexibility index (Phi) is 36.7. The van der Waals surface area contributed by atoms with Gasteiger partial charge in [-0.1, -0.05) is 131 Å². The van der Waals surface area contributed by atoms with Crippen LogP contribution in [0.1, 0.15) is 162 Å². The van der Waals surface area contributed by atoms with Crippen LogP contribution < -0.4 is 5.32 Å². The molecule has 0 rings (SSSR count). The number of aliphatic hydroxyl groups is 2. The van der Waals surface area contributed by atoms with Crippen LogP contribution in [-0.2, 0) is 18.4 Å². The van der Waals surface area contributed by atoms with Gasteiger partial charge in [0, 0.05) is 6.42 Å². The number of nitrogens with zero attached hydrogens (tertiary/aromatic N) is 1. The number of amides is 1. The zero-order valence-electron chi connectivity index (χ0n) is 36.9. The van der Waals surface area contributed by atoms with Gasteiger partial charge < -0.3 is 24.9 Å². The molecule has 0 aromatic carbocycles. The number of phosphoric ester groups is 1. The van der Waals surface area contributed by atoms with Crippen molar-refractivity contribution in [1.82, 2.24) is 5.32 Å². The molecule has 0 aliphatic carbocycles. The predicted octanol–water partition coefficient (Wildman–Crippen LogP) is 11.4. The number of carbonyl (C=O) groups is 1. The Morgan fingerprint density at radius 3 is 1.68 bits per heavy atom. The van der Waals surface area contributed by atoms with Gasteiger partial charge >= 0.3 is 7.82 Å². The standard InChI is InChI=1S/C47H85N2O7P/c1-6-8-10-12-14-16-18-20-21-22-23-24-25-26-27-28-30-32-34-36-38-40-46(51)48-44(43-56-57(53,54)55-42-41-49(3,4)5)47(52)45(50)39-37-35-33-31-29-19-17-15-13-11-9-7-2/h7,9,15,17-18,20,22-23,25-26,31,33,44-45,47,50,52H,6,8,10-14,16,19,21,24,27-30,32,34-43H2,1-5H3,(H-,48,51,53,54)/p+1/b9-7+,17-15+,20-18-,23-22-,26-25-,33-31+. The van der Waals surface area contributed by atoms with Crippen LogP contribution in [0.5, 0.6) is 0 Å². The van der Waals surface area contributed by atoms with E-state index in [1.165, 1.54) is 38.5 Å². The number of carbonyl (C=O) groups excluding carboxylic acids is 1. The predicted molar refractivity (Wildman–Crippen MR) is 241 cm³/mol. The maximum absolute atomic E-state index is 12.9. The number of nitrogens with one attached hydrogen (secondary N) is 1. The average molecular weight is 822 g/mol. The molecule has 0 aliphatic heterocycles. The van der Waals surface area contributed by atoms with E-state index in [1.54, 1.807) is 0 Å². The van der Waals surface area contributed by atoms with E-state index in [9.17, 15) is 24.5 Å². The fourth-order valence-corrected chi connectivity index (χ4v) is 6.69. The molecule has 9 nitrogen and oxygen atoms in total. The summed E-state index contributed by atoms with van der Waals surface area (Å²) in [6.45, 7) is 4.31. The van der Waals surface area contributed by atoms with Crippen molar-refractivity contribution >= 4 is 13.7 Å². The van der Waals surface area contributed by atoms with Crippen LogP contribution in [0.2, 0.25) is 0 Å². The first-order valence-electron chi connectivity index (χ1n) is 22.4. The Morgan fingerprint density at radius 2 is 1.12 bits per heavy atom. The Hall–Kier alpha value is -2.10. The lowest BCUT2D eigenvalue weighted by molar-refractivity contribution is -0.870. The Labute approximate surface area is 349 Å². The van der Waals surface area contributed by atoms with E-state index in [0.29, 0.717) is 30.3 Å². The van der Waals surface area contributed by atoms with Crippen LogP contribution in [0.25, 0.3) is 0 Å². The van der Waals surface area contributed by atoms with E-state index in [0.717, 1.165) is 83.5 Å². The summed E-state index contributed by atoms with van der Waals surface area (Å²) in [5.74, 6) is -0.291. The Bertz CT molecular complexity index is 1170. The summed E-state index contributed by atoms with van der Waals surface area (Å²) in [7, 11) is 1.38. The minimum Gasteiger partial charge on any atom is -0.390 e. The van der Waals surface area contributed by atoms with E-state index in [1.807, 2.05) is 28.1 Å². The molecule has 10 heteroatoms.